The maximum absolute atomic E-state index is 5.03. The highest BCUT2D eigenvalue weighted by Gasteiger charge is 2.21. The van der Waals surface area contributed by atoms with Gasteiger partial charge in [0.15, 0.2) is 0 Å². The maximum atomic E-state index is 5.03. The van der Waals surface area contributed by atoms with Gasteiger partial charge in [-0.25, -0.2) is 4.98 Å². The standard InChI is InChI=1S/C47H31N3S/c1-3-12-30(13-4-1)40-18-11-19-41(48-40)31-22-24-33(25-23-31)49-42-20-9-7-16-34(42)36-26-37-38-28-47-39(35-17-8-10-21-46(35)51-47)27-43(38)50(45(37)29-44(36)49)32-14-5-2-6-15-32/h1-7,9-16,18-29H,8,17H2. The highest BCUT2D eigenvalue weighted by molar-refractivity contribution is 7.20. The van der Waals surface area contributed by atoms with Crippen molar-refractivity contribution < 1.29 is 0 Å². The third-order valence-electron chi connectivity index (χ3n) is 10.6. The first-order chi connectivity index (χ1) is 25.3. The minimum absolute atomic E-state index is 0.969. The van der Waals surface area contributed by atoms with Crippen LogP contribution in [0.1, 0.15) is 16.9 Å². The molecule has 10 aromatic rings. The Morgan fingerprint density at radius 2 is 1.10 bits per heavy atom. The summed E-state index contributed by atoms with van der Waals surface area (Å²) < 4.78 is 6.27. The lowest BCUT2D eigenvalue weighted by molar-refractivity contribution is 1.01. The normalized spacial score (nSPS) is 12.9. The Labute approximate surface area is 299 Å². The second-order valence-electron chi connectivity index (χ2n) is 13.5. The topological polar surface area (TPSA) is 22.8 Å². The summed E-state index contributed by atoms with van der Waals surface area (Å²) in [6, 6.07) is 55.0. The van der Waals surface area contributed by atoms with Gasteiger partial charge in [-0.05, 0) is 96.6 Å². The van der Waals surface area contributed by atoms with Gasteiger partial charge in [-0.1, -0.05) is 91.0 Å². The molecule has 4 heterocycles. The molecule has 3 nitrogen and oxygen atoms in total. The molecule has 0 N–H and O–H groups in total. The van der Waals surface area contributed by atoms with Crippen LogP contribution in [0.25, 0.3) is 93.7 Å². The third-order valence-corrected chi connectivity index (χ3v) is 11.7. The van der Waals surface area contributed by atoms with Crippen molar-refractivity contribution in [1.82, 2.24) is 14.1 Å². The molecule has 0 unspecified atom stereocenters. The lowest BCUT2D eigenvalue weighted by Crippen LogP contribution is -1.96. The van der Waals surface area contributed by atoms with E-state index in [0.29, 0.717) is 0 Å². The van der Waals surface area contributed by atoms with Crippen molar-refractivity contribution >= 4 is 71.1 Å². The first-order valence-electron chi connectivity index (χ1n) is 17.6. The van der Waals surface area contributed by atoms with Gasteiger partial charge in [0.1, 0.15) is 0 Å². The fourth-order valence-corrected chi connectivity index (χ4v) is 9.43. The van der Waals surface area contributed by atoms with E-state index in [1.165, 1.54) is 69.8 Å². The number of para-hydroxylation sites is 2. The van der Waals surface area contributed by atoms with Crippen LogP contribution in [0.5, 0.6) is 0 Å². The highest BCUT2D eigenvalue weighted by Crippen LogP contribution is 2.44. The maximum Gasteiger partial charge on any atom is 0.0709 e. The van der Waals surface area contributed by atoms with E-state index in [1.54, 1.807) is 0 Å². The van der Waals surface area contributed by atoms with Crippen LogP contribution in [-0.4, -0.2) is 14.1 Å². The van der Waals surface area contributed by atoms with E-state index in [1.807, 2.05) is 17.4 Å². The van der Waals surface area contributed by atoms with Gasteiger partial charge >= 0.3 is 0 Å². The summed E-state index contributed by atoms with van der Waals surface area (Å²) in [5.41, 5.74) is 12.9. The minimum atomic E-state index is 0.969. The summed E-state index contributed by atoms with van der Waals surface area (Å²) in [7, 11) is 0. The Morgan fingerprint density at radius 1 is 0.471 bits per heavy atom. The lowest BCUT2D eigenvalue weighted by Gasteiger charge is -2.11. The predicted molar refractivity (Wildman–Crippen MR) is 217 cm³/mol. The summed E-state index contributed by atoms with van der Waals surface area (Å²) >= 11 is 1.93. The second kappa shape index (κ2) is 11.1. The van der Waals surface area contributed by atoms with Crippen LogP contribution >= 0.6 is 11.3 Å². The van der Waals surface area contributed by atoms with Crippen molar-refractivity contribution in [2.24, 2.45) is 0 Å². The molecule has 0 aliphatic heterocycles. The Bertz CT molecular complexity index is 3000. The monoisotopic (exact) mass is 669 g/mol. The zero-order chi connectivity index (χ0) is 33.5. The number of thiophene rings is 1. The quantitative estimate of drug-likeness (QED) is 0.183. The van der Waals surface area contributed by atoms with Gasteiger partial charge < -0.3 is 9.13 Å². The molecular formula is C47H31N3S. The Kier molecular flexibility index (Phi) is 6.25. The molecule has 0 saturated carbocycles. The van der Waals surface area contributed by atoms with E-state index in [0.717, 1.165) is 41.0 Å². The van der Waals surface area contributed by atoms with Gasteiger partial charge in [0, 0.05) is 53.6 Å². The summed E-state index contributed by atoms with van der Waals surface area (Å²) in [6.45, 7) is 0. The first-order valence-corrected chi connectivity index (χ1v) is 18.4. The van der Waals surface area contributed by atoms with Crippen LogP contribution < -0.4 is 0 Å². The summed E-state index contributed by atoms with van der Waals surface area (Å²) in [5, 5.41) is 6.51. The molecule has 0 fully saturated rings. The Hall–Kier alpha value is -6.23. The molecule has 0 radical (unpaired) electrons. The van der Waals surface area contributed by atoms with Gasteiger partial charge in [-0.2, -0.15) is 0 Å². The minimum Gasteiger partial charge on any atom is -0.309 e. The number of pyridine rings is 1. The number of hydrogen-bond donors (Lipinski definition) is 0. The van der Waals surface area contributed by atoms with Crippen molar-refractivity contribution in [2.75, 3.05) is 0 Å². The molecule has 51 heavy (non-hydrogen) atoms. The largest absolute Gasteiger partial charge is 0.309 e. The molecule has 4 aromatic heterocycles. The van der Waals surface area contributed by atoms with Crippen molar-refractivity contribution in [1.29, 1.82) is 0 Å². The van der Waals surface area contributed by atoms with Crippen LogP contribution in [0, 0.1) is 0 Å². The molecule has 11 rings (SSSR count). The number of nitrogens with zero attached hydrogens (tertiary/aromatic N) is 3. The van der Waals surface area contributed by atoms with Gasteiger partial charge in [0.25, 0.3) is 0 Å². The number of rotatable bonds is 4. The lowest BCUT2D eigenvalue weighted by atomic mass is 10.00. The van der Waals surface area contributed by atoms with E-state index in [-0.39, 0.29) is 0 Å². The number of benzene rings is 6. The number of aromatic nitrogens is 3. The van der Waals surface area contributed by atoms with Crippen LogP contribution in [0.15, 0.2) is 158 Å². The van der Waals surface area contributed by atoms with Crippen LogP contribution in [0.2, 0.25) is 0 Å². The summed E-state index contributed by atoms with van der Waals surface area (Å²) in [4.78, 5) is 6.44. The van der Waals surface area contributed by atoms with E-state index in [4.69, 9.17) is 4.98 Å². The van der Waals surface area contributed by atoms with Crippen LogP contribution in [-0.2, 0) is 6.42 Å². The first kappa shape index (κ1) is 28.6. The molecule has 1 aliphatic rings. The van der Waals surface area contributed by atoms with Crippen molar-refractivity contribution in [3.05, 3.63) is 168 Å². The molecule has 0 saturated heterocycles. The van der Waals surface area contributed by atoms with E-state index < -0.39 is 0 Å². The Morgan fingerprint density at radius 3 is 1.90 bits per heavy atom. The molecule has 0 amide bonds. The van der Waals surface area contributed by atoms with Crippen molar-refractivity contribution in [3.8, 4) is 33.9 Å². The molecule has 0 bridgehead atoms. The van der Waals surface area contributed by atoms with Gasteiger partial charge in [-0.15, -0.1) is 11.3 Å². The van der Waals surface area contributed by atoms with Gasteiger partial charge in [0.2, 0.25) is 0 Å². The molecule has 0 spiro atoms. The third kappa shape index (κ3) is 4.40. The van der Waals surface area contributed by atoms with Crippen molar-refractivity contribution in [2.45, 2.75) is 12.8 Å². The number of fused-ring (bicyclic) bond motifs is 9. The molecule has 0 atom stereocenters. The van der Waals surface area contributed by atoms with Gasteiger partial charge in [0.05, 0.1) is 33.5 Å². The SMILES string of the molecule is C1=Cc2sc3cc4c5cc6c7ccccc7n(-c7ccc(-c8cccc(-c9ccccc9)n8)cc7)c6cc5n(-c5ccccc5)c4cc3c2CC1. The fraction of sp³-hybridized carbons (Fsp3) is 0.0426. The number of allylic oxidation sites excluding steroid dienone is 1. The smallest absolute Gasteiger partial charge is 0.0709 e. The molecule has 240 valence electrons. The fourth-order valence-electron chi connectivity index (χ4n) is 8.23. The van der Waals surface area contributed by atoms with Crippen LogP contribution in [0.3, 0.4) is 0 Å². The average Bonchev–Trinajstić information content (AvgIpc) is 3.83. The van der Waals surface area contributed by atoms with E-state index in [2.05, 4.69) is 167 Å². The summed E-state index contributed by atoms with van der Waals surface area (Å²) in [6.07, 6.45) is 6.85. The number of aryl methyl sites for hydroxylation is 1. The van der Waals surface area contributed by atoms with Crippen molar-refractivity contribution in [3.63, 3.8) is 0 Å². The molecule has 6 aromatic carbocycles. The number of hydrogen-bond acceptors (Lipinski definition) is 2. The zero-order valence-corrected chi connectivity index (χ0v) is 28.6. The van der Waals surface area contributed by atoms with Gasteiger partial charge in [-0.3, -0.25) is 0 Å². The zero-order valence-electron chi connectivity index (χ0n) is 27.8. The predicted octanol–water partition coefficient (Wildman–Crippen LogP) is 12.8. The summed E-state index contributed by atoms with van der Waals surface area (Å²) in [5.74, 6) is 0. The highest BCUT2D eigenvalue weighted by atomic mass is 32.1. The molecule has 4 heteroatoms. The molecular weight excluding hydrogens is 639 g/mol. The second-order valence-corrected chi connectivity index (χ2v) is 14.6. The van der Waals surface area contributed by atoms with Crippen LogP contribution in [0.4, 0.5) is 0 Å². The van der Waals surface area contributed by atoms with E-state index in [9.17, 15) is 0 Å². The Balaban J connectivity index is 1.14. The molecule has 1 aliphatic carbocycles. The van der Waals surface area contributed by atoms with E-state index >= 15 is 0 Å². The average molecular weight is 670 g/mol.